The average Bonchev–Trinajstić information content (AvgIpc) is 2.43. The Morgan fingerprint density at radius 1 is 1.20 bits per heavy atom. The Morgan fingerprint density at radius 2 is 1.90 bits per heavy atom. The maximum absolute atomic E-state index is 4.84. The van der Waals surface area contributed by atoms with Crippen molar-refractivity contribution in [1.29, 1.82) is 0 Å². The summed E-state index contributed by atoms with van der Waals surface area (Å²) in [5, 5.41) is 4.55. The molecule has 1 aromatic heterocycles. The number of anilines is 1. The topological polar surface area (TPSA) is 24.9 Å². The van der Waals surface area contributed by atoms with E-state index in [1.54, 1.807) is 0 Å². The molecule has 0 aliphatic carbocycles. The number of aromatic nitrogens is 1. The fraction of sp³-hybridized carbons (Fsp3) is 0.500. The van der Waals surface area contributed by atoms with Gasteiger partial charge in [-0.1, -0.05) is 40.7 Å². The fourth-order valence-electron chi connectivity index (χ4n) is 2.38. The quantitative estimate of drug-likeness (QED) is 0.840. The van der Waals surface area contributed by atoms with E-state index in [9.17, 15) is 0 Å². The highest BCUT2D eigenvalue weighted by atomic mass is 14.8. The van der Waals surface area contributed by atoms with Gasteiger partial charge in [0.1, 0.15) is 0 Å². The summed E-state index contributed by atoms with van der Waals surface area (Å²) >= 11 is 0. The van der Waals surface area contributed by atoms with Gasteiger partial charge >= 0.3 is 0 Å². The van der Waals surface area contributed by atoms with Crippen molar-refractivity contribution in [2.75, 3.05) is 12.4 Å². The second-order valence-electron chi connectivity index (χ2n) is 6.64. The van der Waals surface area contributed by atoms with Gasteiger partial charge in [-0.15, -0.1) is 0 Å². The van der Waals surface area contributed by atoms with Crippen LogP contribution in [0.25, 0.3) is 10.9 Å². The molecule has 1 atom stereocenters. The van der Waals surface area contributed by atoms with Crippen LogP contribution in [0.15, 0.2) is 24.3 Å². The first-order chi connectivity index (χ1) is 9.36. The Kier molecular flexibility index (Phi) is 4.03. The Balaban J connectivity index is 2.65. The zero-order valence-corrected chi connectivity index (χ0v) is 13.5. The van der Waals surface area contributed by atoms with Gasteiger partial charge in [-0.25, -0.2) is 0 Å². The van der Waals surface area contributed by atoms with E-state index in [4.69, 9.17) is 4.98 Å². The number of pyridine rings is 1. The van der Waals surface area contributed by atoms with Crippen LogP contribution >= 0.6 is 0 Å². The van der Waals surface area contributed by atoms with E-state index < -0.39 is 0 Å². The molecule has 0 fully saturated rings. The van der Waals surface area contributed by atoms with Crippen LogP contribution in [0.5, 0.6) is 0 Å². The SMILES string of the molecule is CCC(C)c1ccc2nc(C(C)(C)C)cc(NC)c2c1. The van der Waals surface area contributed by atoms with E-state index >= 15 is 0 Å². The Labute approximate surface area is 122 Å². The van der Waals surface area contributed by atoms with Crippen LogP contribution in [0.3, 0.4) is 0 Å². The number of nitrogens with one attached hydrogen (secondary N) is 1. The van der Waals surface area contributed by atoms with Gasteiger partial charge < -0.3 is 5.32 Å². The Morgan fingerprint density at radius 3 is 2.45 bits per heavy atom. The summed E-state index contributed by atoms with van der Waals surface area (Å²) in [5.41, 5.74) is 4.83. The largest absolute Gasteiger partial charge is 0.388 e. The van der Waals surface area contributed by atoms with E-state index in [0.717, 1.165) is 17.6 Å². The van der Waals surface area contributed by atoms with Crippen molar-refractivity contribution < 1.29 is 0 Å². The van der Waals surface area contributed by atoms with Crippen molar-refractivity contribution in [2.45, 2.75) is 52.4 Å². The van der Waals surface area contributed by atoms with Crippen molar-refractivity contribution in [3.05, 3.63) is 35.5 Å². The van der Waals surface area contributed by atoms with Crippen molar-refractivity contribution in [3.63, 3.8) is 0 Å². The third kappa shape index (κ3) is 2.79. The molecule has 2 heteroatoms. The summed E-state index contributed by atoms with van der Waals surface area (Å²) < 4.78 is 0. The summed E-state index contributed by atoms with van der Waals surface area (Å²) in [6.07, 6.45) is 1.16. The van der Waals surface area contributed by atoms with E-state index in [0.29, 0.717) is 5.92 Å². The normalized spacial score (nSPS) is 13.5. The zero-order valence-electron chi connectivity index (χ0n) is 13.5. The van der Waals surface area contributed by atoms with E-state index in [1.807, 2.05) is 7.05 Å². The fourth-order valence-corrected chi connectivity index (χ4v) is 2.38. The monoisotopic (exact) mass is 270 g/mol. The average molecular weight is 270 g/mol. The number of benzene rings is 1. The second-order valence-corrected chi connectivity index (χ2v) is 6.64. The first-order valence-corrected chi connectivity index (χ1v) is 7.49. The summed E-state index contributed by atoms with van der Waals surface area (Å²) in [6, 6.07) is 8.85. The van der Waals surface area contributed by atoms with Crippen LogP contribution in [0.2, 0.25) is 0 Å². The molecule has 2 aromatic rings. The number of fused-ring (bicyclic) bond motifs is 1. The third-order valence-electron chi connectivity index (χ3n) is 4.05. The molecule has 0 radical (unpaired) electrons. The van der Waals surface area contributed by atoms with Gasteiger partial charge in [0, 0.05) is 29.2 Å². The number of hydrogen-bond acceptors (Lipinski definition) is 2. The highest BCUT2D eigenvalue weighted by Crippen LogP contribution is 2.31. The van der Waals surface area contributed by atoms with Gasteiger partial charge in [-0.3, -0.25) is 4.98 Å². The van der Waals surface area contributed by atoms with E-state index in [1.165, 1.54) is 16.6 Å². The third-order valence-corrected chi connectivity index (χ3v) is 4.05. The lowest BCUT2D eigenvalue weighted by atomic mass is 9.90. The van der Waals surface area contributed by atoms with Crippen LogP contribution < -0.4 is 5.32 Å². The van der Waals surface area contributed by atoms with Gasteiger partial charge in [0.05, 0.1) is 5.52 Å². The summed E-state index contributed by atoms with van der Waals surface area (Å²) in [5.74, 6) is 0.589. The van der Waals surface area contributed by atoms with Gasteiger partial charge in [0.25, 0.3) is 0 Å². The molecule has 0 amide bonds. The van der Waals surface area contributed by atoms with Crippen molar-refractivity contribution in [2.24, 2.45) is 0 Å². The van der Waals surface area contributed by atoms with E-state index in [2.05, 4.69) is 64.2 Å². The van der Waals surface area contributed by atoms with Crippen LogP contribution in [-0.2, 0) is 5.41 Å². The van der Waals surface area contributed by atoms with Gasteiger partial charge in [0.15, 0.2) is 0 Å². The van der Waals surface area contributed by atoms with Gasteiger partial charge in [-0.2, -0.15) is 0 Å². The molecule has 0 saturated carbocycles. The minimum Gasteiger partial charge on any atom is -0.388 e. The molecule has 0 saturated heterocycles. The molecule has 0 spiro atoms. The highest BCUT2D eigenvalue weighted by molar-refractivity contribution is 5.92. The molecular formula is C18H26N2. The minimum absolute atomic E-state index is 0.0647. The molecule has 0 bridgehead atoms. The molecule has 0 aliphatic rings. The summed E-state index contributed by atoms with van der Waals surface area (Å²) in [7, 11) is 1.98. The second kappa shape index (κ2) is 5.43. The summed E-state index contributed by atoms with van der Waals surface area (Å²) in [6.45, 7) is 11.1. The maximum Gasteiger partial charge on any atom is 0.0726 e. The predicted molar refractivity (Wildman–Crippen MR) is 88.7 cm³/mol. The molecular weight excluding hydrogens is 244 g/mol. The first-order valence-electron chi connectivity index (χ1n) is 7.49. The lowest BCUT2D eigenvalue weighted by molar-refractivity contribution is 0.572. The lowest BCUT2D eigenvalue weighted by Crippen LogP contribution is -2.14. The molecule has 2 nitrogen and oxygen atoms in total. The molecule has 1 heterocycles. The standard InChI is InChI=1S/C18H26N2/c1-7-12(2)13-8-9-15-14(10-13)16(19-6)11-17(20-15)18(3,4)5/h8-12H,7H2,1-6H3,(H,19,20). The number of rotatable bonds is 3. The molecule has 1 unspecified atom stereocenters. The van der Waals surface area contributed by atoms with Gasteiger partial charge in [-0.05, 0) is 36.1 Å². The molecule has 2 rings (SSSR count). The van der Waals surface area contributed by atoms with Crippen LogP contribution in [-0.4, -0.2) is 12.0 Å². The lowest BCUT2D eigenvalue weighted by Gasteiger charge is -2.20. The molecule has 1 aromatic carbocycles. The smallest absolute Gasteiger partial charge is 0.0726 e. The minimum atomic E-state index is 0.0647. The molecule has 20 heavy (non-hydrogen) atoms. The number of nitrogens with zero attached hydrogens (tertiary/aromatic N) is 1. The summed E-state index contributed by atoms with van der Waals surface area (Å²) in [4.78, 5) is 4.84. The first kappa shape index (κ1) is 14.8. The van der Waals surface area contributed by atoms with Crippen LogP contribution in [0.4, 0.5) is 5.69 Å². The maximum atomic E-state index is 4.84. The Hall–Kier alpha value is -1.57. The van der Waals surface area contributed by atoms with Crippen molar-refractivity contribution in [3.8, 4) is 0 Å². The van der Waals surface area contributed by atoms with Crippen molar-refractivity contribution in [1.82, 2.24) is 4.98 Å². The number of hydrogen-bond donors (Lipinski definition) is 1. The highest BCUT2D eigenvalue weighted by Gasteiger charge is 2.18. The van der Waals surface area contributed by atoms with Crippen molar-refractivity contribution >= 4 is 16.6 Å². The van der Waals surface area contributed by atoms with Crippen LogP contribution in [0, 0.1) is 0 Å². The van der Waals surface area contributed by atoms with Crippen LogP contribution in [0.1, 0.15) is 58.2 Å². The molecule has 0 aliphatic heterocycles. The zero-order chi connectivity index (χ0) is 14.9. The Bertz CT molecular complexity index is 609. The predicted octanol–water partition coefficient (Wildman–Crippen LogP) is 5.09. The van der Waals surface area contributed by atoms with Gasteiger partial charge in [0.2, 0.25) is 0 Å². The van der Waals surface area contributed by atoms with E-state index in [-0.39, 0.29) is 5.41 Å². The molecule has 108 valence electrons. The molecule has 1 N–H and O–H groups in total.